The second kappa shape index (κ2) is 6.12. The summed E-state index contributed by atoms with van der Waals surface area (Å²) in [6, 6.07) is 1.14. The number of sulfonamides is 1. The van der Waals surface area contributed by atoms with E-state index in [9.17, 15) is 8.42 Å². The number of likely N-dealkylation sites (N-methyl/N-ethyl adjacent to an activating group) is 1. The van der Waals surface area contributed by atoms with Crippen LogP contribution in [-0.4, -0.2) is 49.1 Å². The predicted molar refractivity (Wildman–Crippen MR) is 69.9 cm³/mol. The SMILES string of the molecule is CCNc1ccncc1S(=O)(=O)N(C)C(C)CO. The van der Waals surface area contributed by atoms with Crippen molar-refractivity contribution < 1.29 is 13.5 Å². The average Bonchev–Trinajstić information content (AvgIpc) is 2.37. The van der Waals surface area contributed by atoms with Crippen molar-refractivity contribution in [3.8, 4) is 0 Å². The van der Waals surface area contributed by atoms with Crippen LogP contribution in [0.15, 0.2) is 23.4 Å². The van der Waals surface area contributed by atoms with Crippen molar-refractivity contribution >= 4 is 15.7 Å². The number of aromatic nitrogens is 1. The van der Waals surface area contributed by atoms with Crippen LogP contribution < -0.4 is 5.32 Å². The van der Waals surface area contributed by atoms with Crippen molar-refractivity contribution in [2.24, 2.45) is 0 Å². The van der Waals surface area contributed by atoms with E-state index in [0.717, 1.165) is 4.31 Å². The van der Waals surface area contributed by atoms with Crippen LogP contribution in [-0.2, 0) is 10.0 Å². The van der Waals surface area contributed by atoms with E-state index in [1.807, 2.05) is 6.92 Å². The van der Waals surface area contributed by atoms with Crippen molar-refractivity contribution in [3.63, 3.8) is 0 Å². The van der Waals surface area contributed by atoms with Gasteiger partial charge in [-0.25, -0.2) is 8.42 Å². The minimum Gasteiger partial charge on any atom is -0.395 e. The molecule has 0 aromatic carbocycles. The van der Waals surface area contributed by atoms with Gasteiger partial charge in [0.05, 0.1) is 12.3 Å². The molecule has 18 heavy (non-hydrogen) atoms. The molecule has 6 nitrogen and oxygen atoms in total. The van der Waals surface area contributed by atoms with E-state index in [1.165, 1.54) is 19.4 Å². The van der Waals surface area contributed by atoms with Gasteiger partial charge in [-0.15, -0.1) is 0 Å². The topological polar surface area (TPSA) is 82.5 Å². The van der Waals surface area contributed by atoms with Gasteiger partial charge in [0.25, 0.3) is 0 Å². The number of hydrogen-bond acceptors (Lipinski definition) is 5. The third kappa shape index (κ3) is 2.98. The Morgan fingerprint density at radius 2 is 2.22 bits per heavy atom. The minimum absolute atomic E-state index is 0.120. The first-order valence-electron chi connectivity index (χ1n) is 5.72. The summed E-state index contributed by atoms with van der Waals surface area (Å²) >= 11 is 0. The Hall–Kier alpha value is -1.18. The van der Waals surface area contributed by atoms with Crippen LogP contribution in [0.4, 0.5) is 5.69 Å². The van der Waals surface area contributed by atoms with Crippen LogP contribution in [0.25, 0.3) is 0 Å². The molecule has 1 atom stereocenters. The predicted octanol–water partition coefficient (Wildman–Crippen LogP) is 0.515. The lowest BCUT2D eigenvalue weighted by atomic mass is 10.4. The lowest BCUT2D eigenvalue weighted by molar-refractivity contribution is 0.214. The number of pyridine rings is 1. The number of aliphatic hydroxyl groups is 1. The zero-order chi connectivity index (χ0) is 13.8. The van der Waals surface area contributed by atoms with Crippen molar-refractivity contribution in [1.82, 2.24) is 9.29 Å². The summed E-state index contributed by atoms with van der Waals surface area (Å²) in [5, 5.41) is 12.0. The molecule has 1 unspecified atom stereocenters. The fraction of sp³-hybridized carbons (Fsp3) is 0.545. The Kier molecular flexibility index (Phi) is 5.06. The molecule has 1 rings (SSSR count). The second-order valence-corrected chi connectivity index (χ2v) is 5.92. The molecule has 0 spiro atoms. The van der Waals surface area contributed by atoms with E-state index in [1.54, 1.807) is 13.0 Å². The largest absolute Gasteiger partial charge is 0.395 e. The molecule has 0 aliphatic heterocycles. The highest BCUT2D eigenvalue weighted by molar-refractivity contribution is 7.89. The summed E-state index contributed by atoms with van der Waals surface area (Å²) < 4.78 is 25.9. The van der Waals surface area contributed by atoms with Gasteiger partial charge in [0.1, 0.15) is 4.90 Å². The highest BCUT2D eigenvalue weighted by atomic mass is 32.2. The molecule has 0 saturated carbocycles. The molecule has 0 bridgehead atoms. The summed E-state index contributed by atoms with van der Waals surface area (Å²) in [5.41, 5.74) is 0.518. The Morgan fingerprint density at radius 3 is 2.78 bits per heavy atom. The first-order valence-corrected chi connectivity index (χ1v) is 7.16. The third-order valence-corrected chi connectivity index (χ3v) is 4.69. The molecule has 7 heteroatoms. The standard InChI is InChI=1S/C11H19N3O3S/c1-4-13-10-5-6-12-7-11(10)18(16,17)14(3)9(2)8-15/h5-7,9,15H,4,8H2,1-3H3,(H,12,13). The third-order valence-electron chi connectivity index (χ3n) is 2.69. The Balaban J connectivity index is 3.20. The number of hydrogen-bond donors (Lipinski definition) is 2. The van der Waals surface area contributed by atoms with E-state index in [2.05, 4.69) is 10.3 Å². The quantitative estimate of drug-likeness (QED) is 0.789. The summed E-state index contributed by atoms with van der Waals surface area (Å²) in [4.78, 5) is 3.97. The molecule has 0 saturated heterocycles. The van der Waals surface area contributed by atoms with Crippen LogP contribution in [0.2, 0.25) is 0 Å². The average molecular weight is 273 g/mol. The van der Waals surface area contributed by atoms with Gasteiger partial charge >= 0.3 is 0 Å². The summed E-state index contributed by atoms with van der Waals surface area (Å²) in [5.74, 6) is 0. The van der Waals surface area contributed by atoms with Crippen LogP contribution in [0.1, 0.15) is 13.8 Å². The van der Waals surface area contributed by atoms with E-state index >= 15 is 0 Å². The number of rotatable bonds is 6. The van der Waals surface area contributed by atoms with Crippen LogP contribution in [0.3, 0.4) is 0 Å². The fourth-order valence-corrected chi connectivity index (χ4v) is 2.89. The maximum absolute atomic E-state index is 12.4. The summed E-state index contributed by atoms with van der Waals surface area (Å²) in [6.07, 6.45) is 2.85. The lowest BCUT2D eigenvalue weighted by Gasteiger charge is -2.23. The normalized spacial score (nSPS) is 13.6. The zero-order valence-corrected chi connectivity index (χ0v) is 11.6. The lowest BCUT2D eigenvalue weighted by Crippen LogP contribution is -2.37. The van der Waals surface area contributed by atoms with Gasteiger partial charge in [0.15, 0.2) is 0 Å². The van der Waals surface area contributed by atoms with Crippen LogP contribution >= 0.6 is 0 Å². The Bertz CT molecular complexity index is 490. The highest BCUT2D eigenvalue weighted by Gasteiger charge is 2.27. The molecule has 0 radical (unpaired) electrons. The van der Waals surface area contributed by atoms with Crippen molar-refractivity contribution in [2.75, 3.05) is 25.5 Å². The molecule has 2 N–H and O–H groups in total. The zero-order valence-electron chi connectivity index (χ0n) is 10.8. The highest BCUT2D eigenvalue weighted by Crippen LogP contribution is 2.23. The van der Waals surface area contributed by atoms with Crippen molar-refractivity contribution in [2.45, 2.75) is 24.8 Å². The molecule has 1 aromatic rings. The van der Waals surface area contributed by atoms with Gasteiger partial charge in [-0.3, -0.25) is 4.98 Å². The van der Waals surface area contributed by atoms with Crippen molar-refractivity contribution in [3.05, 3.63) is 18.5 Å². The number of aliphatic hydroxyl groups excluding tert-OH is 1. The van der Waals surface area contributed by atoms with Crippen LogP contribution in [0, 0.1) is 0 Å². The van der Waals surface area contributed by atoms with Gasteiger partial charge in [0, 0.05) is 32.0 Å². The van der Waals surface area contributed by atoms with Gasteiger partial charge in [-0.1, -0.05) is 0 Å². The number of anilines is 1. The maximum Gasteiger partial charge on any atom is 0.246 e. The first kappa shape index (κ1) is 14.9. The van der Waals surface area contributed by atoms with E-state index in [-0.39, 0.29) is 11.5 Å². The molecule has 102 valence electrons. The molecule has 0 amide bonds. The van der Waals surface area contributed by atoms with Gasteiger partial charge in [-0.2, -0.15) is 4.31 Å². The molecule has 1 aromatic heterocycles. The molecule has 0 fully saturated rings. The Labute approximate surface area is 108 Å². The number of nitrogens with zero attached hydrogens (tertiary/aromatic N) is 2. The van der Waals surface area contributed by atoms with E-state index in [0.29, 0.717) is 12.2 Å². The first-order chi connectivity index (χ1) is 8.45. The molecule has 0 aliphatic rings. The number of nitrogens with one attached hydrogen (secondary N) is 1. The minimum atomic E-state index is -3.65. The fourth-order valence-electron chi connectivity index (χ4n) is 1.43. The van der Waals surface area contributed by atoms with E-state index < -0.39 is 16.1 Å². The molecular formula is C11H19N3O3S. The molecule has 1 heterocycles. The second-order valence-electron chi connectivity index (χ2n) is 3.96. The summed E-state index contributed by atoms with van der Waals surface area (Å²) in [7, 11) is -2.21. The summed E-state index contributed by atoms with van der Waals surface area (Å²) in [6.45, 7) is 3.91. The van der Waals surface area contributed by atoms with Gasteiger partial charge < -0.3 is 10.4 Å². The van der Waals surface area contributed by atoms with E-state index in [4.69, 9.17) is 5.11 Å². The smallest absolute Gasteiger partial charge is 0.246 e. The molecule has 0 aliphatic carbocycles. The van der Waals surface area contributed by atoms with Crippen LogP contribution in [0.5, 0.6) is 0 Å². The molecular weight excluding hydrogens is 254 g/mol. The van der Waals surface area contributed by atoms with Crippen molar-refractivity contribution in [1.29, 1.82) is 0 Å². The van der Waals surface area contributed by atoms with Gasteiger partial charge in [-0.05, 0) is 19.9 Å². The Morgan fingerprint density at radius 1 is 1.56 bits per heavy atom. The maximum atomic E-state index is 12.4. The monoisotopic (exact) mass is 273 g/mol. The van der Waals surface area contributed by atoms with Gasteiger partial charge in [0.2, 0.25) is 10.0 Å².